The van der Waals surface area contributed by atoms with Crippen molar-refractivity contribution in [3.05, 3.63) is 23.9 Å². The van der Waals surface area contributed by atoms with Gasteiger partial charge in [0.05, 0.1) is 5.56 Å². The molecule has 1 aliphatic heterocycles. The highest BCUT2D eigenvalue weighted by Gasteiger charge is 2.49. The summed E-state index contributed by atoms with van der Waals surface area (Å²) in [4.78, 5) is 31.3. The van der Waals surface area contributed by atoms with Gasteiger partial charge in [0.2, 0.25) is 5.91 Å². The van der Waals surface area contributed by atoms with Crippen LogP contribution >= 0.6 is 0 Å². The zero-order valence-corrected chi connectivity index (χ0v) is 16.5. The van der Waals surface area contributed by atoms with Crippen LogP contribution in [-0.2, 0) is 14.6 Å². The maximum absolute atomic E-state index is 12.9. The van der Waals surface area contributed by atoms with E-state index in [2.05, 4.69) is 4.98 Å². The Morgan fingerprint density at radius 3 is 2.24 bits per heavy atom. The Bertz CT molecular complexity index is 875. The van der Waals surface area contributed by atoms with Gasteiger partial charge in [0.25, 0.3) is 15.7 Å². The molecule has 0 aromatic carbocycles. The number of carbonyl (C=O) groups excluding carboxylic acids is 2. The van der Waals surface area contributed by atoms with Crippen LogP contribution in [0.5, 0.6) is 0 Å². The lowest BCUT2D eigenvalue weighted by Gasteiger charge is -2.35. The van der Waals surface area contributed by atoms with E-state index in [-0.39, 0.29) is 32.1 Å². The van der Waals surface area contributed by atoms with Gasteiger partial charge in [-0.25, -0.2) is 13.4 Å². The molecule has 7 nitrogen and oxygen atoms in total. The predicted molar refractivity (Wildman–Crippen MR) is 96.5 cm³/mol. The standard InChI is InChI=1S/C18H22F3N3O4S/c19-18(20,21)29(27,28)16-14(6-3-7-22-16)17(26)24-10-8-23(9-11-24)15(25)12-13-4-1-2-5-13/h3,6-7,13H,1-2,4-5,8-12H2. The quantitative estimate of drug-likeness (QED) is 0.727. The van der Waals surface area contributed by atoms with Gasteiger partial charge in [-0.3, -0.25) is 9.59 Å². The molecule has 0 spiro atoms. The summed E-state index contributed by atoms with van der Waals surface area (Å²) < 4.78 is 62.3. The summed E-state index contributed by atoms with van der Waals surface area (Å²) in [5, 5.41) is -1.29. The van der Waals surface area contributed by atoms with Crippen LogP contribution in [0.25, 0.3) is 0 Å². The molecule has 1 saturated heterocycles. The fourth-order valence-electron chi connectivity index (χ4n) is 3.80. The third kappa shape index (κ3) is 4.54. The van der Waals surface area contributed by atoms with E-state index in [9.17, 15) is 31.2 Å². The van der Waals surface area contributed by atoms with Crippen molar-refractivity contribution < 1.29 is 31.2 Å². The van der Waals surface area contributed by atoms with Crippen LogP contribution in [0.2, 0.25) is 0 Å². The van der Waals surface area contributed by atoms with E-state index >= 15 is 0 Å². The SMILES string of the molecule is O=C(CC1CCCC1)N1CCN(C(=O)c2cccnc2S(=O)(=O)C(F)(F)F)CC1. The van der Waals surface area contributed by atoms with Crippen molar-refractivity contribution in [2.24, 2.45) is 5.92 Å². The summed E-state index contributed by atoms with van der Waals surface area (Å²) in [6.07, 6.45) is 5.73. The Morgan fingerprint density at radius 1 is 1.07 bits per heavy atom. The molecule has 1 saturated carbocycles. The molecule has 0 atom stereocenters. The van der Waals surface area contributed by atoms with Gasteiger partial charge >= 0.3 is 5.51 Å². The van der Waals surface area contributed by atoms with E-state index in [1.54, 1.807) is 4.90 Å². The molecule has 0 radical (unpaired) electrons. The van der Waals surface area contributed by atoms with Crippen LogP contribution in [0.3, 0.4) is 0 Å². The Hall–Kier alpha value is -2.17. The molecular formula is C18H22F3N3O4S. The molecule has 2 amide bonds. The summed E-state index contributed by atoms with van der Waals surface area (Å²) in [5.41, 5.74) is -6.17. The first kappa shape index (κ1) is 21.5. The van der Waals surface area contributed by atoms with Gasteiger partial charge in [-0.2, -0.15) is 13.2 Å². The summed E-state index contributed by atoms with van der Waals surface area (Å²) in [5.74, 6) is -0.429. The minimum Gasteiger partial charge on any atom is -0.339 e. The minimum atomic E-state index is -5.75. The first-order valence-corrected chi connectivity index (χ1v) is 10.9. The van der Waals surface area contributed by atoms with E-state index in [0.29, 0.717) is 12.3 Å². The fourth-order valence-corrected chi connectivity index (χ4v) is 4.66. The number of rotatable bonds is 4. The minimum absolute atomic E-state index is 0.0192. The van der Waals surface area contributed by atoms with Gasteiger partial charge in [-0.1, -0.05) is 12.8 Å². The number of hydrogen-bond acceptors (Lipinski definition) is 5. The van der Waals surface area contributed by atoms with E-state index in [0.717, 1.165) is 37.9 Å². The second kappa shape index (κ2) is 8.29. The number of piperazine rings is 1. The number of pyridine rings is 1. The number of nitrogens with zero attached hydrogens (tertiary/aromatic N) is 3. The molecule has 2 fully saturated rings. The van der Waals surface area contributed by atoms with Crippen molar-refractivity contribution in [3.63, 3.8) is 0 Å². The summed E-state index contributed by atoms with van der Waals surface area (Å²) in [6, 6.07) is 2.23. The average Bonchev–Trinajstić information content (AvgIpc) is 3.19. The Kier molecular flexibility index (Phi) is 6.16. The lowest BCUT2D eigenvalue weighted by molar-refractivity contribution is -0.133. The normalized spacial score (nSPS) is 18.9. The van der Waals surface area contributed by atoms with Gasteiger partial charge in [0, 0.05) is 38.8 Å². The number of hydrogen-bond donors (Lipinski definition) is 0. The molecule has 0 N–H and O–H groups in total. The third-order valence-corrected chi connectivity index (χ3v) is 6.86. The number of carbonyl (C=O) groups is 2. The van der Waals surface area contributed by atoms with Crippen molar-refractivity contribution in [2.75, 3.05) is 26.2 Å². The zero-order chi connectivity index (χ0) is 21.2. The molecule has 1 aromatic rings. The number of amides is 2. The number of sulfone groups is 1. The Morgan fingerprint density at radius 2 is 1.66 bits per heavy atom. The summed E-state index contributed by atoms with van der Waals surface area (Å²) >= 11 is 0. The maximum Gasteiger partial charge on any atom is 0.503 e. The molecule has 2 heterocycles. The molecule has 160 valence electrons. The van der Waals surface area contributed by atoms with Gasteiger partial charge in [-0.05, 0) is 30.9 Å². The molecule has 0 unspecified atom stereocenters. The fraction of sp³-hybridized carbons (Fsp3) is 0.611. The summed E-state index contributed by atoms with van der Waals surface area (Å²) in [7, 11) is -5.75. The van der Waals surface area contributed by atoms with E-state index < -0.39 is 31.8 Å². The largest absolute Gasteiger partial charge is 0.503 e. The highest BCUT2D eigenvalue weighted by atomic mass is 32.2. The highest BCUT2D eigenvalue weighted by molar-refractivity contribution is 7.92. The first-order chi connectivity index (χ1) is 13.6. The van der Waals surface area contributed by atoms with Gasteiger partial charge < -0.3 is 9.80 Å². The first-order valence-electron chi connectivity index (χ1n) is 9.44. The number of aromatic nitrogens is 1. The smallest absolute Gasteiger partial charge is 0.339 e. The van der Waals surface area contributed by atoms with Crippen molar-refractivity contribution >= 4 is 21.7 Å². The van der Waals surface area contributed by atoms with E-state index in [4.69, 9.17) is 0 Å². The second-order valence-corrected chi connectivity index (χ2v) is 9.19. The maximum atomic E-state index is 12.9. The van der Waals surface area contributed by atoms with Crippen LogP contribution in [0, 0.1) is 5.92 Å². The molecule has 2 aliphatic rings. The molecule has 1 aromatic heterocycles. The van der Waals surface area contributed by atoms with E-state index in [1.165, 1.54) is 11.0 Å². The Labute approximate surface area is 166 Å². The predicted octanol–water partition coefficient (Wildman–Crippen LogP) is 2.24. The average molecular weight is 433 g/mol. The molecule has 29 heavy (non-hydrogen) atoms. The van der Waals surface area contributed by atoms with Gasteiger partial charge in [0.1, 0.15) is 0 Å². The number of halogens is 3. The van der Waals surface area contributed by atoms with Gasteiger partial charge in [-0.15, -0.1) is 0 Å². The number of alkyl halides is 3. The van der Waals surface area contributed by atoms with Crippen molar-refractivity contribution in [1.29, 1.82) is 0 Å². The van der Waals surface area contributed by atoms with Crippen LogP contribution < -0.4 is 0 Å². The highest BCUT2D eigenvalue weighted by Crippen LogP contribution is 2.31. The molecule has 3 rings (SSSR count). The zero-order valence-electron chi connectivity index (χ0n) is 15.7. The second-order valence-electron chi connectivity index (χ2n) is 7.33. The lowest BCUT2D eigenvalue weighted by Crippen LogP contribution is -2.51. The van der Waals surface area contributed by atoms with Crippen LogP contribution in [0.1, 0.15) is 42.5 Å². The monoisotopic (exact) mass is 433 g/mol. The van der Waals surface area contributed by atoms with Crippen molar-refractivity contribution in [1.82, 2.24) is 14.8 Å². The van der Waals surface area contributed by atoms with Crippen LogP contribution in [0.15, 0.2) is 23.4 Å². The van der Waals surface area contributed by atoms with Crippen molar-refractivity contribution in [3.8, 4) is 0 Å². The Balaban J connectivity index is 1.68. The topological polar surface area (TPSA) is 87.7 Å². The van der Waals surface area contributed by atoms with E-state index in [1.807, 2.05) is 0 Å². The molecule has 11 heteroatoms. The molecular weight excluding hydrogens is 411 g/mol. The van der Waals surface area contributed by atoms with Crippen LogP contribution in [-0.4, -0.2) is 66.7 Å². The van der Waals surface area contributed by atoms with Crippen molar-refractivity contribution in [2.45, 2.75) is 42.6 Å². The molecule has 0 bridgehead atoms. The van der Waals surface area contributed by atoms with Crippen LogP contribution in [0.4, 0.5) is 13.2 Å². The third-order valence-electron chi connectivity index (χ3n) is 5.42. The lowest BCUT2D eigenvalue weighted by atomic mass is 10.0. The summed E-state index contributed by atoms with van der Waals surface area (Å²) in [6.45, 7) is 0.767. The van der Waals surface area contributed by atoms with Gasteiger partial charge in [0.15, 0.2) is 5.03 Å². The molecule has 1 aliphatic carbocycles.